The molecule has 2 amide bonds. The molecule has 1 saturated carbocycles. The maximum absolute atomic E-state index is 12.3. The molecular weight excluding hydrogens is 270 g/mol. The normalized spacial score (nSPS) is 21.4. The number of ether oxygens (including phenoxy) is 1. The van der Waals surface area contributed by atoms with Crippen molar-refractivity contribution < 1.29 is 14.3 Å². The fraction of sp³-hybridized carbons (Fsp3) is 0.467. The van der Waals surface area contributed by atoms with Gasteiger partial charge in [0, 0.05) is 17.4 Å². The number of hydrogen-bond acceptors (Lipinski definition) is 4. The van der Waals surface area contributed by atoms with Crippen LogP contribution in [-0.4, -0.2) is 25.2 Å². The lowest BCUT2D eigenvalue weighted by atomic mass is 9.84. The molecule has 6 heteroatoms. The number of methoxy groups -OCH3 is 1. The largest absolute Gasteiger partial charge is 0.453 e. The highest BCUT2D eigenvalue weighted by molar-refractivity contribution is 5.94. The summed E-state index contributed by atoms with van der Waals surface area (Å²) in [6.45, 7) is 0. The van der Waals surface area contributed by atoms with Crippen molar-refractivity contribution in [1.82, 2.24) is 0 Å². The van der Waals surface area contributed by atoms with Crippen LogP contribution in [0.25, 0.3) is 0 Å². The molecule has 1 aromatic rings. The number of anilines is 2. The average Bonchev–Trinajstić information content (AvgIpc) is 2.47. The van der Waals surface area contributed by atoms with Crippen molar-refractivity contribution in [1.29, 1.82) is 0 Å². The van der Waals surface area contributed by atoms with Gasteiger partial charge in [-0.3, -0.25) is 10.1 Å². The number of amides is 2. The second-order valence-electron chi connectivity index (χ2n) is 5.24. The van der Waals surface area contributed by atoms with E-state index in [2.05, 4.69) is 15.4 Å². The first-order chi connectivity index (χ1) is 10.1. The number of carbonyl (C=O) groups is 2. The molecule has 0 heterocycles. The molecule has 114 valence electrons. The molecule has 0 saturated heterocycles. The van der Waals surface area contributed by atoms with Gasteiger partial charge < -0.3 is 15.8 Å². The third-order valence-electron chi connectivity index (χ3n) is 3.72. The standard InChI is InChI=1S/C15H21N3O3/c1-21-15(20)18-11-6-4-5-10(9-11)17-14(19)12-7-2-3-8-13(12)16/h4-6,9,12-13H,2-3,7-8,16H2,1H3,(H,17,19)(H,18,20). The molecule has 0 aromatic heterocycles. The minimum absolute atomic E-state index is 0.0579. The molecule has 0 spiro atoms. The second-order valence-corrected chi connectivity index (χ2v) is 5.24. The van der Waals surface area contributed by atoms with Gasteiger partial charge in [0.05, 0.1) is 13.0 Å². The summed E-state index contributed by atoms with van der Waals surface area (Å²) in [4.78, 5) is 23.4. The van der Waals surface area contributed by atoms with Gasteiger partial charge in [0.1, 0.15) is 0 Å². The van der Waals surface area contributed by atoms with Gasteiger partial charge in [-0.2, -0.15) is 0 Å². The SMILES string of the molecule is COC(=O)Nc1cccc(NC(=O)C2CCCCC2N)c1. The van der Waals surface area contributed by atoms with Crippen molar-refractivity contribution in [3.05, 3.63) is 24.3 Å². The molecular formula is C15H21N3O3. The van der Waals surface area contributed by atoms with E-state index in [1.54, 1.807) is 24.3 Å². The van der Waals surface area contributed by atoms with Gasteiger partial charge in [-0.15, -0.1) is 0 Å². The topological polar surface area (TPSA) is 93.5 Å². The number of nitrogens with two attached hydrogens (primary N) is 1. The molecule has 21 heavy (non-hydrogen) atoms. The fourth-order valence-corrected chi connectivity index (χ4v) is 2.56. The van der Waals surface area contributed by atoms with Crippen LogP contribution in [0.4, 0.5) is 16.2 Å². The third-order valence-corrected chi connectivity index (χ3v) is 3.72. The Labute approximate surface area is 124 Å². The quantitative estimate of drug-likeness (QED) is 0.796. The summed E-state index contributed by atoms with van der Waals surface area (Å²) >= 11 is 0. The minimum Gasteiger partial charge on any atom is -0.453 e. The lowest BCUT2D eigenvalue weighted by Gasteiger charge is -2.27. The lowest BCUT2D eigenvalue weighted by Crippen LogP contribution is -2.40. The van der Waals surface area contributed by atoms with Crippen LogP contribution in [0, 0.1) is 5.92 Å². The highest BCUT2D eigenvalue weighted by Crippen LogP contribution is 2.25. The number of rotatable bonds is 3. The van der Waals surface area contributed by atoms with Crippen molar-refractivity contribution in [3.8, 4) is 0 Å². The summed E-state index contributed by atoms with van der Waals surface area (Å²) in [6, 6.07) is 6.86. The van der Waals surface area contributed by atoms with Crippen LogP contribution in [-0.2, 0) is 9.53 Å². The Kier molecular flexibility index (Phi) is 5.16. The Morgan fingerprint density at radius 3 is 2.52 bits per heavy atom. The van der Waals surface area contributed by atoms with Crippen LogP contribution >= 0.6 is 0 Å². The molecule has 0 bridgehead atoms. The summed E-state index contributed by atoms with van der Waals surface area (Å²) in [6.07, 6.45) is 3.29. The Bertz CT molecular complexity index is 519. The molecule has 1 aliphatic rings. The van der Waals surface area contributed by atoms with Crippen LogP contribution in [0.3, 0.4) is 0 Å². The zero-order chi connectivity index (χ0) is 15.2. The molecule has 1 aliphatic carbocycles. The fourth-order valence-electron chi connectivity index (χ4n) is 2.56. The first-order valence-corrected chi connectivity index (χ1v) is 7.11. The smallest absolute Gasteiger partial charge is 0.411 e. The van der Waals surface area contributed by atoms with E-state index in [1.165, 1.54) is 7.11 Å². The highest BCUT2D eigenvalue weighted by Gasteiger charge is 2.28. The summed E-state index contributed by atoms with van der Waals surface area (Å²) in [7, 11) is 1.30. The molecule has 4 N–H and O–H groups in total. The summed E-state index contributed by atoms with van der Waals surface area (Å²) in [5, 5.41) is 5.42. The lowest BCUT2D eigenvalue weighted by molar-refractivity contribution is -0.121. The maximum Gasteiger partial charge on any atom is 0.411 e. The molecule has 0 aliphatic heterocycles. The maximum atomic E-state index is 12.3. The summed E-state index contributed by atoms with van der Waals surface area (Å²) in [5.74, 6) is -0.201. The summed E-state index contributed by atoms with van der Waals surface area (Å²) < 4.78 is 4.53. The van der Waals surface area contributed by atoms with Gasteiger partial charge in [0.15, 0.2) is 0 Å². The zero-order valence-corrected chi connectivity index (χ0v) is 12.1. The van der Waals surface area contributed by atoms with Crippen molar-refractivity contribution in [2.45, 2.75) is 31.7 Å². The van der Waals surface area contributed by atoms with Gasteiger partial charge in [-0.25, -0.2) is 4.79 Å². The van der Waals surface area contributed by atoms with Crippen molar-refractivity contribution in [2.75, 3.05) is 17.7 Å². The number of hydrogen-bond donors (Lipinski definition) is 3. The molecule has 1 fully saturated rings. The van der Waals surface area contributed by atoms with E-state index >= 15 is 0 Å². The molecule has 0 radical (unpaired) electrons. The Hall–Kier alpha value is -2.08. The Balaban J connectivity index is 2.00. The van der Waals surface area contributed by atoms with Gasteiger partial charge in [-0.05, 0) is 31.0 Å². The zero-order valence-electron chi connectivity index (χ0n) is 12.1. The predicted octanol–water partition coefficient (Wildman–Crippen LogP) is 2.32. The number of benzene rings is 1. The minimum atomic E-state index is -0.548. The first-order valence-electron chi connectivity index (χ1n) is 7.11. The van der Waals surface area contributed by atoms with Crippen LogP contribution < -0.4 is 16.4 Å². The first kappa shape index (κ1) is 15.3. The van der Waals surface area contributed by atoms with E-state index in [0.29, 0.717) is 11.4 Å². The van der Waals surface area contributed by atoms with Crippen LogP contribution in [0.2, 0.25) is 0 Å². The van der Waals surface area contributed by atoms with Crippen LogP contribution in [0.1, 0.15) is 25.7 Å². The Morgan fingerprint density at radius 2 is 1.86 bits per heavy atom. The van der Waals surface area contributed by atoms with Crippen LogP contribution in [0.15, 0.2) is 24.3 Å². The van der Waals surface area contributed by atoms with E-state index in [1.807, 2.05) is 0 Å². The van der Waals surface area contributed by atoms with Gasteiger partial charge in [0.25, 0.3) is 0 Å². The van der Waals surface area contributed by atoms with Gasteiger partial charge in [0.2, 0.25) is 5.91 Å². The predicted molar refractivity (Wildman–Crippen MR) is 81.0 cm³/mol. The van der Waals surface area contributed by atoms with E-state index in [9.17, 15) is 9.59 Å². The van der Waals surface area contributed by atoms with Gasteiger partial charge >= 0.3 is 6.09 Å². The number of carbonyl (C=O) groups excluding carboxylic acids is 2. The summed E-state index contributed by atoms with van der Waals surface area (Å²) in [5.41, 5.74) is 7.21. The second kappa shape index (κ2) is 7.08. The molecule has 2 unspecified atom stereocenters. The third kappa shape index (κ3) is 4.19. The van der Waals surface area contributed by atoms with E-state index in [-0.39, 0.29) is 17.9 Å². The van der Waals surface area contributed by atoms with E-state index < -0.39 is 6.09 Å². The molecule has 1 aromatic carbocycles. The monoisotopic (exact) mass is 291 g/mol. The Morgan fingerprint density at radius 1 is 1.19 bits per heavy atom. The molecule has 6 nitrogen and oxygen atoms in total. The average molecular weight is 291 g/mol. The van der Waals surface area contributed by atoms with Crippen molar-refractivity contribution >= 4 is 23.4 Å². The molecule has 2 atom stereocenters. The number of nitrogens with one attached hydrogen (secondary N) is 2. The van der Waals surface area contributed by atoms with Crippen molar-refractivity contribution in [3.63, 3.8) is 0 Å². The van der Waals surface area contributed by atoms with E-state index in [0.717, 1.165) is 25.7 Å². The van der Waals surface area contributed by atoms with E-state index in [4.69, 9.17) is 5.73 Å². The highest BCUT2D eigenvalue weighted by atomic mass is 16.5. The van der Waals surface area contributed by atoms with Crippen molar-refractivity contribution in [2.24, 2.45) is 11.7 Å². The molecule has 2 rings (SSSR count). The van der Waals surface area contributed by atoms with Crippen LogP contribution in [0.5, 0.6) is 0 Å². The van der Waals surface area contributed by atoms with Gasteiger partial charge in [-0.1, -0.05) is 18.9 Å².